The van der Waals surface area contributed by atoms with Gasteiger partial charge in [0.25, 0.3) is 0 Å². The highest BCUT2D eigenvalue weighted by molar-refractivity contribution is 6.03. The molecule has 0 atom stereocenters. The molecule has 6 heteroatoms. The number of aromatic hydroxyl groups is 1. The van der Waals surface area contributed by atoms with Crippen LogP contribution in [0.1, 0.15) is 0 Å². The van der Waals surface area contributed by atoms with E-state index < -0.39 is 0 Å². The minimum atomic E-state index is 0.209. The van der Waals surface area contributed by atoms with Gasteiger partial charge in [0.2, 0.25) is 0 Å². The van der Waals surface area contributed by atoms with Gasteiger partial charge in [0.15, 0.2) is 5.65 Å². The molecule has 4 rings (SSSR count). The maximum absolute atomic E-state index is 9.88. The molecule has 0 unspecified atom stereocenters. The molecule has 0 radical (unpaired) electrons. The Hall–Kier alpha value is -2.89. The van der Waals surface area contributed by atoms with E-state index in [-0.39, 0.29) is 5.75 Å². The number of nitrogens with one attached hydrogen (secondary N) is 2. The van der Waals surface area contributed by atoms with E-state index in [4.69, 9.17) is 0 Å². The van der Waals surface area contributed by atoms with Crippen LogP contribution in [0.3, 0.4) is 0 Å². The van der Waals surface area contributed by atoms with E-state index in [9.17, 15) is 5.11 Å². The van der Waals surface area contributed by atoms with Crippen LogP contribution in [0.25, 0.3) is 33.3 Å². The van der Waals surface area contributed by atoms with Crippen molar-refractivity contribution in [2.75, 3.05) is 0 Å². The van der Waals surface area contributed by atoms with Gasteiger partial charge in [-0.15, -0.1) is 5.10 Å². The number of rotatable bonds is 1. The Labute approximate surface area is 107 Å². The van der Waals surface area contributed by atoms with Crippen molar-refractivity contribution in [3.63, 3.8) is 0 Å². The Kier molecular flexibility index (Phi) is 1.88. The largest absolute Gasteiger partial charge is 0.507 e. The molecule has 6 nitrogen and oxygen atoms in total. The Morgan fingerprint density at radius 1 is 1.16 bits per heavy atom. The minimum Gasteiger partial charge on any atom is -0.507 e. The first kappa shape index (κ1) is 10.1. The lowest BCUT2D eigenvalue weighted by Gasteiger charge is -2.03. The third kappa shape index (κ3) is 1.40. The van der Waals surface area contributed by atoms with Gasteiger partial charge in [-0.3, -0.25) is 5.10 Å². The van der Waals surface area contributed by atoms with Crippen LogP contribution in [0.15, 0.2) is 36.5 Å². The Morgan fingerprint density at radius 2 is 2.05 bits per heavy atom. The zero-order chi connectivity index (χ0) is 12.8. The van der Waals surface area contributed by atoms with Crippen molar-refractivity contribution >= 4 is 22.1 Å². The van der Waals surface area contributed by atoms with E-state index >= 15 is 0 Å². The molecule has 19 heavy (non-hydrogen) atoms. The number of fused-ring (bicyclic) bond motifs is 3. The lowest BCUT2D eigenvalue weighted by atomic mass is 10.1. The first-order valence-corrected chi connectivity index (χ1v) is 5.80. The number of benzene rings is 1. The van der Waals surface area contributed by atoms with Crippen molar-refractivity contribution in [3.05, 3.63) is 36.5 Å². The van der Waals surface area contributed by atoms with Crippen LogP contribution < -0.4 is 0 Å². The summed E-state index contributed by atoms with van der Waals surface area (Å²) in [6.07, 6.45) is 1.66. The number of phenolic OH excluding ortho intramolecular Hbond substituents is 1. The molecule has 0 spiro atoms. The summed E-state index contributed by atoms with van der Waals surface area (Å²) in [5, 5.41) is 25.9. The molecule has 3 N–H and O–H groups in total. The van der Waals surface area contributed by atoms with E-state index in [0.717, 1.165) is 27.8 Å². The highest BCUT2D eigenvalue weighted by Crippen LogP contribution is 2.30. The number of phenols is 1. The summed E-state index contributed by atoms with van der Waals surface area (Å²) in [6, 6.07) is 9.02. The molecule has 3 aromatic heterocycles. The topological polar surface area (TPSA) is 90.5 Å². The molecule has 0 aliphatic carbocycles. The summed E-state index contributed by atoms with van der Waals surface area (Å²) < 4.78 is 0. The van der Waals surface area contributed by atoms with Gasteiger partial charge in [-0.05, 0) is 18.2 Å². The van der Waals surface area contributed by atoms with Gasteiger partial charge in [0, 0.05) is 5.56 Å². The van der Waals surface area contributed by atoms with Crippen LogP contribution in [0.4, 0.5) is 0 Å². The van der Waals surface area contributed by atoms with Crippen LogP contribution in [0.2, 0.25) is 0 Å². The van der Waals surface area contributed by atoms with Crippen LogP contribution in [0, 0.1) is 0 Å². The van der Waals surface area contributed by atoms with Crippen molar-refractivity contribution in [2.45, 2.75) is 0 Å². The predicted octanol–water partition coefficient (Wildman–Crippen LogP) is 2.21. The third-order valence-electron chi connectivity index (χ3n) is 3.13. The molecule has 0 saturated heterocycles. The summed E-state index contributed by atoms with van der Waals surface area (Å²) in [7, 11) is 0. The first-order valence-electron chi connectivity index (χ1n) is 5.80. The van der Waals surface area contributed by atoms with Gasteiger partial charge in [-0.25, -0.2) is 0 Å². The molecule has 0 bridgehead atoms. The fourth-order valence-electron chi connectivity index (χ4n) is 2.21. The number of para-hydroxylation sites is 1. The fraction of sp³-hybridized carbons (Fsp3) is 0. The van der Waals surface area contributed by atoms with E-state index in [2.05, 4.69) is 25.4 Å². The molecular weight excluding hydrogens is 242 g/mol. The second-order valence-corrected chi connectivity index (χ2v) is 4.29. The number of hydrogen-bond acceptors (Lipinski definition) is 4. The molecular formula is C13H9N5O. The standard InChI is InChI=1S/C13H9N5O/c19-11-4-2-1-3-7(11)9-5-8-12-10(6-14-17-12)15-13(8)18-16-9/h1-6,16,19H,(H,15,18). The summed E-state index contributed by atoms with van der Waals surface area (Å²) in [4.78, 5) is 3.12. The minimum absolute atomic E-state index is 0.209. The summed E-state index contributed by atoms with van der Waals surface area (Å²) in [6.45, 7) is 0. The van der Waals surface area contributed by atoms with Gasteiger partial charge < -0.3 is 10.1 Å². The highest BCUT2D eigenvalue weighted by Gasteiger charge is 2.11. The van der Waals surface area contributed by atoms with Crippen molar-refractivity contribution in [1.82, 2.24) is 25.4 Å². The number of aromatic amines is 2. The van der Waals surface area contributed by atoms with Crippen molar-refractivity contribution in [2.24, 2.45) is 0 Å². The summed E-state index contributed by atoms with van der Waals surface area (Å²) in [5.74, 6) is 0.209. The van der Waals surface area contributed by atoms with E-state index in [1.807, 2.05) is 18.2 Å². The number of aromatic nitrogens is 5. The maximum atomic E-state index is 9.88. The zero-order valence-corrected chi connectivity index (χ0v) is 9.75. The fourth-order valence-corrected chi connectivity index (χ4v) is 2.21. The zero-order valence-electron chi connectivity index (χ0n) is 9.75. The second kappa shape index (κ2) is 3.55. The Morgan fingerprint density at radius 3 is 2.95 bits per heavy atom. The highest BCUT2D eigenvalue weighted by atomic mass is 16.3. The van der Waals surface area contributed by atoms with Crippen LogP contribution >= 0.6 is 0 Å². The molecule has 0 fully saturated rings. The van der Waals surface area contributed by atoms with E-state index in [1.165, 1.54) is 0 Å². The maximum Gasteiger partial charge on any atom is 0.160 e. The third-order valence-corrected chi connectivity index (χ3v) is 3.13. The molecule has 0 aliphatic rings. The van der Waals surface area contributed by atoms with Gasteiger partial charge in [-0.1, -0.05) is 12.1 Å². The smallest absolute Gasteiger partial charge is 0.160 e. The summed E-state index contributed by atoms with van der Waals surface area (Å²) >= 11 is 0. The number of H-pyrrole nitrogens is 2. The normalized spacial score (nSPS) is 11.4. The average molecular weight is 251 g/mol. The molecule has 0 amide bonds. The number of hydrogen-bond donors (Lipinski definition) is 3. The van der Waals surface area contributed by atoms with Crippen molar-refractivity contribution < 1.29 is 5.11 Å². The molecule has 92 valence electrons. The lowest BCUT2D eigenvalue weighted by molar-refractivity contribution is 0.477. The van der Waals surface area contributed by atoms with Gasteiger partial charge in [0.1, 0.15) is 11.3 Å². The van der Waals surface area contributed by atoms with Crippen LogP contribution in [-0.4, -0.2) is 30.5 Å². The van der Waals surface area contributed by atoms with Gasteiger partial charge in [0.05, 0.1) is 22.8 Å². The van der Waals surface area contributed by atoms with Crippen molar-refractivity contribution in [1.29, 1.82) is 0 Å². The van der Waals surface area contributed by atoms with Gasteiger partial charge >= 0.3 is 0 Å². The average Bonchev–Trinajstić information content (AvgIpc) is 2.99. The molecule has 0 saturated carbocycles. The van der Waals surface area contributed by atoms with E-state index in [1.54, 1.807) is 18.3 Å². The molecule has 4 aromatic rings. The van der Waals surface area contributed by atoms with Crippen molar-refractivity contribution in [3.8, 4) is 17.0 Å². The van der Waals surface area contributed by atoms with E-state index in [0.29, 0.717) is 5.56 Å². The quantitative estimate of drug-likeness (QED) is 0.483. The Balaban J connectivity index is 2.03. The SMILES string of the molecule is Oc1ccccc1-c1cc2c(n[nH]1)[nH]c1cnnc12. The Bertz CT molecular complexity index is 892. The second-order valence-electron chi connectivity index (χ2n) is 4.29. The monoisotopic (exact) mass is 251 g/mol. The summed E-state index contributed by atoms with van der Waals surface area (Å²) in [5.41, 5.74) is 3.79. The molecule has 3 heterocycles. The number of nitrogens with zero attached hydrogens (tertiary/aromatic N) is 3. The van der Waals surface area contributed by atoms with Gasteiger partial charge in [-0.2, -0.15) is 10.2 Å². The molecule has 1 aromatic carbocycles. The first-order chi connectivity index (χ1) is 9.33. The predicted molar refractivity (Wildman–Crippen MR) is 70.6 cm³/mol. The molecule has 0 aliphatic heterocycles. The van der Waals surface area contributed by atoms with Crippen LogP contribution in [-0.2, 0) is 0 Å². The van der Waals surface area contributed by atoms with Crippen LogP contribution in [0.5, 0.6) is 5.75 Å². The lowest BCUT2D eigenvalue weighted by Crippen LogP contribution is -1.89.